The Balaban J connectivity index is 2.16. The van der Waals surface area contributed by atoms with Gasteiger partial charge in [-0.3, -0.25) is 4.98 Å². The van der Waals surface area contributed by atoms with Crippen LogP contribution in [-0.4, -0.2) is 11.5 Å². The van der Waals surface area contributed by atoms with Crippen molar-refractivity contribution in [1.29, 1.82) is 0 Å². The lowest BCUT2D eigenvalue weighted by Crippen LogP contribution is -2.19. The average Bonchev–Trinajstić information content (AvgIpc) is 2.52. The lowest BCUT2D eigenvalue weighted by Gasteiger charge is -2.16. The van der Waals surface area contributed by atoms with Gasteiger partial charge in [-0.2, -0.15) is 0 Å². The van der Waals surface area contributed by atoms with Gasteiger partial charge in [0.2, 0.25) is 0 Å². The van der Waals surface area contributed by atoms with E-state index in [9.17, 15) is 0 Å². The monoisotopic (exact) mass is 218 g/mol. The Kier molecular flexibility index (Phi) is 2.92. The third-order valence-corrected chi connectivity index (χ3v) is 3.39. The second-order valence-corrected chi connectivity index (χ2v) is 5.89. The first-order valence-corrected chi connectivity index (χ1v) is 6.22. The van der Waals surface area contributed by atoms with E-state index in [-0.39, 0.29) is 5.41 Å². The van der Waals surface area contributed by atoms with Gasteiger partial charge in [-0.05, 0) is 24.8 Å². The molecule has 0 aromatic carbocycles. The van der Waals surface area contributed by atoms with Crippen LogP contribution < -0.4 is 5.32 Å². The van der Waals surface area contributed by atoms with Gasteiger partial charge in [0.15, 0.2) is 0 Å². The number of nitrogens with zero attached hydrogens (tertiary/aromatic N) is 1. The number of pyridine rings is 1. The Hall–Kier alpha value is -1.05. The second-order valence-electron chi connectivity index (χ2n) is 5.89. The first-order chi connectivity index (χ1) is 7.49. The number of rotatable bonds is 3. The van der Waals surface area contributed by atoms with Crippen molar-refractivity contribution in [2.75, 3.05) is 11.9 Å². The number of fused-ring (bicyclic) bond motifs is 1. The maximum atomic E-state index is 4.58. The third kappa shape index (κ3) is 2.21. The first-order valence-electron chi connectivity index (χ1n) is 6.22. The summed E-state index contributed by atoms with van der Waals surface area (Å²) in [6.45, 7) is 10.1. The normalized spacial score (nSPS) is 17.3. The molecule has 1 N–H and O–H groups in total. The molecule has 1 aromatic rings. The molecule has 0 amide bonds. The number of nitrogens with one attached hydrogen (secondary N) is 1. The van der Waals surface area contributed by atoms with E-state index in [4.69, 9.17) is 0 Å². The molecule has 1 aliphatic heterocycles. The fourth-order valence-corrected chi connectivity index (χ4v) is 2.17. The highest BCUT2D eigenvalue weighted by Gasteiger charge is 2.29. The Morgan fingerprint density at radius 2 is 2.19 bits per heavy atom. The Morgan fingerprint density at radius 1 is 1.44 bits per heavy atom. The highest BCUT2D eigenvalue weighted by atomic mass is 14.9. The molecule has 0 aliphatic carbocycles. The molecule has 1 aliphatic rings. The minimum atomic E-state index is 0.235. The number of hydrogen-bond donors (Lipinski definition) is 1. The molecule has 0 radical (unpaired) electrons. The Morgan fingerprint density at radius 3 is 2.88 bits per heavy atom. The first kappa shape index (κ1) is 11.4. The summed E-state index contributed by atoms with van der Waals surface area (Å²) in [5.41, 5.74) is 4.11. The molecule has 0 saturated heterocycles. The number of aromatic nitrogens is 1. The van der Waals surface area contributed by atoms with Crippen molar-refractivity contribution < 1.29 is 0 Å². The maximum absolute atomic E-state index is 4.58. The molecule has 16 heavy (non-hydrogen) atoms. The number of aryl methyl sites for hydroxylation is 1. The van der Waals surface area contributed by atoms with Crippen LogP contribution in [0.5, 0.6) is 0 Å². The highest BCUT2D eigenvalue weighted by molar-refractivity contribution is 5.59. The molecule has 0 spiro atoms. The van der Waals surface area contributed by atoms with E-state index in [1.807, 2.05) is 0 Å². The molecule has 0 fully saturated rings. The van der Waals surface area contributed by atoms with E-state index in [1.54, 1.807) is 0 Å². The molecule has 0 unspecified atom stereocenters. The van der Waals surface area contributed by atoms with E-state index in [0.717, 1.165) is 18.9 Å². The molecule has 2 heterocycles. The van der Waals surface area contributed by atoms with Gasteiger partial charge in [0.1, 0.15) is 0 Å². The molecule has 88 valence electrons. The lowest BCUT2D eigenvalue weighted by molar-refractivity contribution is 0.576. The van der Waals surface area contributed by atoms with E-state index >= 15 is 0 Å². The van der Waals surface area contributed by atoms with Crippen molar-refractivity contribution in [2.45, 2.75) is 46.0 Å². The quantitative estimate of drug-likeness (QED) is 0.841. The van der Waals surface area contributed by atoms with Gasteiger partial charge in [-0.25, -0.2) is 0 Å². The Bertz CT molecular complexity index is 380. The predicted molar refractivity (Wildman–Crippen MR) is 68.9 cm³/mol. The molecule has 0 saturated carbocycles. The van der Waals surface area contributed by atoms with Gasteiger partial charge in [-0.15, -0.1) is 0 Å². The highest BCUT2D eigenvalue weighted by Crippen LogP contribution is 2.35. The van der Waals surface area contributed by atoms with Crippen LogP contribution in [0.4, 0.5) is 5.69 Å². The topological polar surface area (TPSA) is 24.9 Å². The van der Waals surface area contributed by atoms with E-state index in [2.05, 4.69) is 50.3 Å². The summed E-state index contributed by atoms with van der Waals surface area (Å²) in [6, 6.07) is 2.23. The maximum Gasteiger partial charge on any atom is 0.0424 e. The number of hydrogen-bond acceptors (Lipinski definition) is 2. The SMILES string of the molecule is CC(C)CCc1cc2c(cn1)C(C)(C)CN2. The van der Waals surface area contributed by atoms with Gasteiger partial charge < -0.3 is 5.32 Å². The fourth-order valence-electron chi connectivity index (χ4n) is 2.17. The van der Waals surface area contributed by atoms with Gasteiger partial charge in [-0.1, -0.05) is 27.7 Å². The summed E-state index contributed by atoms with van der Waals surface area (Å²) in [5, 5.41) is 3.48. The van der Waals surface area contributed by atoms with Crippen LogP contribution >= 0.6 is 0 Å². The molecule has 0 bridgehead atoms. The van der Waals surface area contributed by atoms with Crippen molar-refractivity contribution in [1.82, 2.24) is 4.98 Å². The summed E-state index contributed by atoms with van der Waals surface area (Å²) < 4.78 is 0. The van der Waals surface area contributed by atoms with Crippen LogP contribution in [0.1, 0.15) is 45.4 Å². The smallest absolute Gasteiger partial charge is 0.0424 e. The number of anilines is 1. The van der Waals surface area contributed by atoms with Crippen LogP contribution in [0.15, 0.2) is 12.3 Å². The summed E-state index contributed by atoms with van der Waals surface area (Å²) in [4.78, 5) is 4.58. The molecule has 2 nitrogen and oxygen atoms in total. The molecule has 1 aromatic heterocycles. The predicted octanol–water partition coefficient (Wildman–Crippen LogP) is 3.37. The van der Waals surface area contributed by atoms with Crippen molar-refractivity contribution in [3.05, 3.63) is 23.5 Å². The summed E-state index contributed by atoms with van der Waals surface area (Å²) in [7, 11) is 0. The van der Waals surface area contributed by atoms with Crippen molar-refractivity contribution in [2.24, 2.45) is 5.92 Å². The largest absolute Gasteiger partial charge is 0.384 e. The van der Waals surface area contributed by atoms with Crippen LogP contribution in [0.25, 0.3) is 0 Å². The van der Waals surface area contributed by atoms with E-state index < -0.39 is 0 Å². The average molecular weight is 218 g/mol. The van der Waals surface area contributed by atoms with Crippen LogP contribution in [0.3, 0.4) is 0 Å². The summed E-state index contributed by atoms with van der Waals surface area (Å²) in [5.74, 6) is 0.749. The van der Waals surface area contributed by atoms with Crippen molar-refractivity contribution in [3.63, 3.8) is 0 Å². The van der Waals surface area contributed by atoms with E-state index in [0.29, 0.717) is 0 Å². The molecule has 0 atom stereocenters. The summed E-state index contributed by atoms with van der Waals surface area (Å²) >= 11 is 0. The zero-order valence-corrected chi connectivity index (χ0v) is 10.8. The third-order valence-electron chi connectivity index (χ3n) is 3.39. The van der Waals surface area contributed by atoms with Gasteiger partial charge >= 0.3 is 0 Å². The van der Waals surface area contributed by atoms with Gasteiger partial charge in [0.05, 0.1) is 0 Å². The van der Waals surface area contributed by atoms with Crippen LogP contribution in [0.2, 0.25) is 0 Å². The van der Waals surface area contributed by atoms with Crippen molar-refractivity contribution in [3.8, 4) is 0 Å². The minimum absolute atomic E-state index is 0.235. The van der Waals surface area contributed by atoms with Crippen LogP contribution in [0, 0.1) is 5.92 Å². The zero-order valence-electron chi connectivity index (χ0n) is 10.8. The molecule has 2 rings (SSSR count). The van der Waals surface area contributed by atoms with Crippen molar-refractivity contribution >= 4 is 5.69 Å². The van der Waals surface area contributed by atoms with Gasteiger partial charge in [0.25, 0.3) is 0 Å². The lowest BCUT2D eigenvalue weighted by atomic mass is 9.88. The fraction of sp³-hybridized carbons (Fsp3) is 0.643. The Labute approximate surface area is 98.5 Å². The standard InChI is InChI=1S/C14H22N2/c1-10(2)5-6-11-7-13-12(8-15-11)14(3,4)9-16-13/h7-8,10,16H,5-6,9H2,1-4H3. The molecule has 2 heteroatoms. The van der Waals surface area contributed by atoms with E-state index in [1.165, 1.54) is 23.4 Å². The molecular weight excluding hydrogens is 196 g/mol. The van der Waals surface area contributed by atoms with Crippen LogP contribution in [-0.2, 0) is 11.8 Å². The van der Waals surface area contributed by atoms with Gasteiger partial charge in [0, 0.05) is 35.1 Å². The molecular formula is C14H22N2. The minimum Gasteiger partial charge on any atom is -0.384 e. The zero-order chi connectivity index (χ0) is 11.8. The summed E-state index contributed by atoms with van der Waals surface area (Å²) in [6.07, 6.45) is 4.37. The second kappa shape index (κ2) is 4.08.